The normalized spacial score (nSPS) is 17.8. The molecule has 1 saturated heterocycles. The second-order valence-corrected chi connectivity index (χ2v) is 6.14. The number of carbonyl (C=O) groups excluding carboxylic acids is 2. The van der Waals surface area contributed by atoms with Crippen LogP contribution in [-0.4, -0.2) is 34.6 Å². The maximum absolute atomic E-state index is 12.7. The zero-order chi connectivity index (χ0) is 18.1. The SMILES string of the molecule is CCCN(OC)c1ccc2c(c1)n(C)c(=O)n2C1CCC(=O)NC1=O. The Balaban J connectivity index is 2.09. The Morgan fingerprint density at radius 3 is 2.68 bits per heavy atom. The summed E-state index contributed by atoms with van der Waals surface area (Å²) in [4.78, 5) is 41.7. The van der Waals surface area contributed by atoms with Crippen molar-refractivity contribution >= 4 is 28.5 Å². The number of aromatic nitrogens is 2. The van der Waals surface area contributed by atoms with Crippen molar-refractivity contribution in [3.63, 3.8) is 0 Å². The van der Waals surface area contributed by atoms with Gasteiger partial charge in [0.05, 0.1) is 23.8 Å². The number of anilines is 1. The second-order valence-electron chi connectivity index (χ2n) is 6.14. The van der Waals surface area contributed by atoms with Gasteiger partial charge in [0, 0.05) is 20.0 Å². The van der Waals surface area contributed by atoms with E-state index in [2.05, 4.69) is 12.2 Å². The van der Waals surface area contributed by atoms with Crippen LogP contribution in [0.3, 0.4) is 0 Å². The predicted molar refractivity (Wildman–Crippen MR) is 93.2 cm³/mol. The molecule has 2 heterocycles. The minimum atomic E-state index is -0.672. The van der Waals surface area contributed by atoms with Crippen LogP contribution in [0.5, 0.6) is 0 Å². The van der Waals surface area contributed by atoms with Gasteiger partial charge in [0.2, 0.25) is 11.8 Å². The highest BCUT2D eigenvalue weighted by atomic mass is 16.7. The topological polar surface area (TPSA) is 85.6 Å². The van der Waals surface area contributed by atoms with Crippen LogP contribution in [0.2, 0.25) is 0 Å². The monoisotopic (exact) mass is 346 g/mol. The highest BCUT2D eigenvalue weighted by Gasteiger charge is 2.31. The molecule has 1 unspecified atom stereocenters. The molecule has 8 nitrogen and oxygen atoms in total. The van der Waals surface area contributed by atoms with Gasteiger partial charge in [0.1, 0.15) is 6.04 Å². The summed E-state index contributed by atoms with van der Waals surface area (Å²) in [5.41, 5.74) is 1.94. The quantitative estimate of drug-likeness (QED) is 0.647. The Kier molecular flexibility index (Phi) is 4.63. The predicted octanol–water partition coefficient (Wildman–Crippen LogP) is 1.10. The van der Waals surface area contributed by atoms with Gasteiger partial charge >= 0.3 is 5.69 Å². The summed E-state index contributed by atoms with van der Waals surface area (Å²) in [5, 5.41) is 4.07. The number of fused-ring (bicyclic) bond motifs is 1. The highest BCUT2D eigenvalue weighted by Crippen LogP contribution is 2.26. The Hall–Kier alpha value is -2.61. The van der Waals surface area contributed by atoms with Crippen LogP contribution in [0.4, 0.5) is 5.69 Å². The molecule has 1 fully saturated rings. The largest absolute Gasteiger partial charge is 0.329 e. The van der Waals surface area contributed by atoms with E-state index in [9.17, 15) is 14.4 Å². The van der Waals surface area contributed by atoms with E-state index in [0.717, 1.165) is 18.7 Å². The van der Waals surface area contributed by atoms with Crippen molar-refractivity contribution in [2.24, 2.45) is 7.05 Å². The van der Waals surface area contributed by atoms with Gasteiger partial charge in [0.15, 0.2) is 0 Å². The molecule has 0 bridgehead atoms. The van der Waals surface area contributed by atoms with E-state index in [1.807, 2.05) is 18.2 Å². The summed E-state index contributed by atoms with van der Waals surface area (Å²) < 4.78 is 2.99. The van der Waals surface area contributed by atoms with Crippen LogP contribution < -0.4 is 16.1 Å². The molecule has 0 radical (unpaired) electrons. The number of amides is 2. The molecular formula is C17H22N4O4. The number of imidazole rings is 1. The molecule has 2 amide bonds. The maximum atomic E-state index is 12.7. The third kappa shape index (κ3) is 2.93. The minimum absolute atomic E-state index is 0.227. The summed E-state index contributed by atoms with van der Waals surface area (Å²) in [6, 6.07) is 4.88. The molecule has 1 aromatic heterocycles. The molecule has 1 N–H and O–H groups in total. The van der Waals surface area contributed by atoms with Crippen molar-refractivity contribution in [1.29, 1.82) is 0 Å². The number of nitrogens with zero attached hydrogens (tertiary/aromatic N) is 3. The summed E-state index contributed by atoms with van der Waals surface area (Å²) in [6.07, 6.45) is 1.47. The van der Waals surface area contributed by atoms with Gasteiger partial charge < -0.3 is 0 Å². The first-order valence-corrected chi connectivity index (χ1v) is 8.34. The molecule has 1 atom stereocenters. The van der Waals surface area contributed by atoms with E-state index in [4.69, 9.17) is 4.84 Å². The summed E-state index contributed by atoms with van der Waals surface area (Å²) in [5.74, 6) is -0.730. The molecule has 1 aromatic carbocycles. The maximum Gasteiger partial charge on any atom is 0.329 e. The highest BCUT2D eigenvalue weighted by molar-refractivity contribution is 6.00. The molecule has 0 aliphatic carbocycles. The molecule has 134 valence electrons. The third-order valence-electron chi connectivity index (χ3n) is 4.53. The van der Waals surface area contributed by atoms with Gasteiger partial charge in [-0.3, -0.25) is 33.9 Å². The molecule has 0 spiro atoms. The summed E-state index contributed by atoms with van der Waals surface area (Å²) >= 11 is 0. The zero-order valence-corrected chi connectivity index (χ0v) is 14.6. The average molecular weight is 346 g/mol. The lowest BCUT2D eigenvalue weighted by Gasteiger charge is -2.23. The van der Waals surface area contributed by atoms with E-state index < -0.39 is 11.9 Å². The lowest BCUT2D eigenvalue weighted by atomic mass is 10.1. The van der Waals surface area contributed by atoms with Gasteiger partial charge in [-0.1, -0.05) is 6.92 Å². The Labute approximate surface area is 144 Å². The lowest BCUT2D eigenvalue weighted by molar-refractivity contribution is -0.135. The van der Waals surface area contributed by atoms with Crippen LogP contribution in [0, 0.1) is 0 Å². The minimum Gasteiger partial charge on any atom is -0.295 e. The van der Waals surface area contributed by atoms with Crippen LogP contribution >= 0.6 is 0 Å². The van der Waals surface area contributed by atoms with Gasteiger partial charge in [-0.2, -0.15) is 0 Å². The first-order valence-electron chi connectivity index (χ1n) is 8.34. The van der Waals surface area contributed by atoms with Gasteiger partial charge in [0.25, 0.3) is 0 Å². The van der Waals surface area contributed by atoms with Crippen LogP contribution in [-0.2, 0) is 21.5 Å². The molecule has 3 rings (SSSR count). The van der Waals surface area contributed by atoms with E-state index in [1.165, 1.54) is 9.13 Å². The van der Waals surface area contributed by atoms with Crippen LogP contribution in [0.25, 0.3) is 11.0 Å². The number of hydrogen-bond acceptors (Lipinski definition) is 5. The number of benzene rings is 1. The van der Waals surface area contributed by atoms with Crippen LogP contribution in [0.1, 0.15) is 32.2 Å². The van der Waals surface area contributed by atoms with Crippen molar-refractivity contribution in [1.82, 2.24) is 14.5 Å². The van der Waals surface area contributed by atoms with Gasteiger partial charge in [-0.05, 0) is 31.0 Å². The van der Waals surface area contributed by atoms with Crippen molar-refractivity contribution in [2.75, 3.05) is 18.7 Å². The molecule has 1 aliphatic heterocycles. The Morgan fingerprint density at radius 2 is 2.04 bits per heavy atom. The number of hydroxylamine groups is 1. The third-order valence-corrected chi connectivity index (χ3v) is 4.53. The van der Waals surface area contributed by atoms with Crippen molar-refractivity contribution in [3.8, 4) is 0 Å². The number of hydrogen-bond donors (Lipinski definition) is 1. The number of carbonyl (C=O) groups is 2. The van der Waals surface area contributed by atoms with E-state index >= 15 is 0 Å². The Bertz CT molecular complexity index is 883. The standard InChI is InChI=1S/C17H22N4O4/c1-4-9-20(25-3)11-5-6-12-14(10-11)19(2)17(24)21(12)13-7-8-15(22)18-16(13)23/h5-6,10,13H,4,7-9H2,1-3H3,(H,18,22,23). The number of rotatable bonds is 5. The van der Waals surface area contributed by atoms with E-state index in [0.29, 0.717) is 17.5 Å². The van der Waals surface area contributed by atoms with Gasteiger partial charge in [-0.15, -0.1) is 0 Å². The first-order chi connectivity index (χ1) is 12.0. The number of piperidine rings is 1. The van der Waals surface area contributed by atoms with E-state index in [1.54, 1.807) is 19.2 Å². The van der Waals surface area contributed by atoms with Crippen molar-refractivity contribution < 1.29 is 14.4 Å². The summed E-state index contributed by atoms with van der Waals surface area (Å²) in [7, 11) is 3.28. The van der Waals surface area contributed by atoms with Crippen molar-refractivity contribution in [3.05, 3.63) is 28.7 Å². The molecule has 0 saturated carbocycles. The fraction of sp³-hybridized carbons (Fsp3) is 0.471. The number of imide groups is 1. The fourth-order valence-corrected chi connectivity index (χ4v) is 3.27. The molecular weight excluding hydrogens is 324 g/mol. The summed E-state index contributed by atoms with van der Waals surface area (Å²) in [6.45, 7) is 2.78. The lowest BCUT2D eigenvalue weighted by Crippen LogP contribution is -2.44. The smallest absolute Gasteiger partial charge is 0.295 e. The van der Waals surface area contributed by atoms with Crippen LogP contribution in [0.15, 0.2) is 23.0 Å². The molecule has 8 heteroatoms. The molecule has 1 aliphatic rings. The zero-order valence-electron chi connectivity index (χ0n) is 14.6. The van der Waals surface area contributed by atoms with Gasteiger partial charge in [-0.25, -0.2) is 4.79 Å². The number of aryl methyl sites for hydroxylation is 1. The molecule has 25 heavy (non-hydrogen) atoms. The second kappa shape index (κ2) is 6.72. The Morgan fingerprint density at radius 1 is 1.28 bits per heavy atom. The van der Waals surface area contributed by atoms with Crippen molar-refractivity contribution in [2.45, 2.75) is 32.2 Å². The number of nitrogens with one attached hydrogen (secondary N) is 1. The van der Waals surface area contributed by atoms with E-state index in [-0.39, 0.29) is 18.0 Å². The molecule has 2 aromatic rings. The average Bonchev–Trinajstić information content (AvgIpc) is 2.84. The first kappa shape index (κ1) is 17.2. The fourth-order valence-electron chi connectivity index (χ4n) is 3.27.